The van der Waals surface area contributed by atoms with E-state index in [1.54, 1.807) is 6.92 Å². The molecule has 0 aromatic heterocycles. The van der Waals surface area contributed by atoms with Crippen molar-refractivity contribution in [2.75, 3.05) is 0 Å². The van der Waals surface area contributed by atoms with Gasteiger partial charge in [0.2, 0.25) is 0 Å². The first kappa shape index (κ1) is 17.5. The van der Waals surface area contributed by atoms with Gasteiger partial charge >= 0.3 is 5.97 Å². The van der Waals surface area contributed by atoms with Gasteiger partial charge in [-0.05, 0) is 74.0 Å². The van der Waals surface area contributed by atoms with Crippen molar-refractivity contribution in [3.8, 4) is 0 Å². The smallest absolute Gasteiger partial charge is 0.302 e. The van der Waals surface area contributed by atoms with Crippen LogP contribution in [0.1, 0.15) is 79.1 Å². The molecule has 3 heteroatoms. The molecule has 3 nitrogen and oxygen atoms in total. The normalized spacial score (nSPS) is 52.1. The van der Waals surface area contributed by atoms with Gasteiger partial charge in [0.05, 0.1) is 0 Å². The number of fused-ring (bicyclic) bond motifs is 5. The summed E-state index contributed by atoms with van der Waals surface area (Å²) in [7, 11) is 0. The fraction of sp³-hybridized carbons (Fsp3) is 0.909. The maximum absolute atomic E-state index is 12.3. The van der Waals surface area contributed by atoms with Crippen LogP contribution in [0.25, 0.3) is 0 Å². The number of carbonyl (C=O) groups is 2. The molecule has 0 saturated heterocycles. The van der Waals surface area contributed by atoms with Crippen molar-refractivity contribution < 1.29 is 14.3 Å². The Balaban J connectivity index is 1.59. The van der Waals surface area contributed by atoms with Crippen LogP contribution in [-0.4, -0.2) is 17.9 Å². The van der Waals surface area contributed by atoms with Crippen LogP contribution in [0, 0.1) is 40.4 Å². The van der Waals surface area contributed by atoms with Gasteiger partial charge in [0.25, 0.3) is 0 Å². The Labute approximate surface area is 152 Å². The monoisotopic (exact) mass is 346 g/mol. The SMILES string of the molecule is CC(=O)OC1CC[C@H]2[C@@H]3CCC4CC(=O)C(C)C[C@]4(C)[C@H]3CC[C@]12C. The largest absolute Gasteiger partial charge is 0.462 e. The topological polar surface area (TPSA) is 43.4 Å². The van der Waals surface area contributed by atoms with Crippen LogP contribution >= 0.6 is 0 Å². The lowest BCUT2D eigenvalue weighted by molar-refractivity contribution is -0.163. The molecule has 8 atom stereocenters. The van der Waals surface area contributed by atoms with Crippen molar-refractivity contribution in [3.05, 3.63) is 0 Å². The Bertz CT molecular complexity index is 584. The molecule has 0 N–H and O–H groups in total. The molecule has 0 amide bonds. The van der Waals surface area contributed by atoms with E-state index in [-0.39, 0.29) is 23.4 Å². The molecule has 25 heavy (non-hydrogen) atoms. The van der Waals surface area contributed by atoms with E-state index in [9.17, 15) is 9.59 Å². The standard InChI is InChI=1S/C22H34O3/c1-13-12-22(4)15(11-19(13)24)5-6-16-17-7-8-20(25-14(2)23)21(17,3)10-9-18(16)22/h13,15-18,20H,5-12H2,1-4H3/t13?,15?,16-,17-,18-,20?,21-,22-/m0/s1. The van der Waals surface area contributed by atoms with E-state index in [1.165, 1.54) is 32.1 Å². The number of esters is 1. The van der Waals surface area contributed by atoms with Crippen molar-refractivity contribution in [2.24, 2.45) is 40.4 Å². The molecule has 3 unspecified atom stereocenters. The van der Waals surface area contributed by atoms with Crippen LogP contribution in [0.4, 0.5) is 0 Å². The van der Waals surface area contributed by atoms with Crippen LogP contribution < -0.4 is 0 Å². The third kappa shape index (κ3) is 2.51. The Morgan fingerprint density at radius 3 is 2.48 bits per heavy atom. The Morgan fingerprint density at radius 2 is 1.76 bits per heavy atom. The van der Waals surface area contributed by atoms with Gasteiger partial charge in [-0.15, -0.1) is 0 Å². The summed E-state index contributed by atoms with van der Waals surface area (Å²) in [6.07, 6.45) is 9.22. The molecule has 4 saturated carbocycles. The number of Topliss-reactive ketones (excluding diaryl/α,β-unsaturated/α-hetero) is 1. The highest BCUT2D eigenvalue weighted by Gasteiger charge is 2.61. The Hall–Kier alpha value is -0.860. The van der Waals surface area contributed by atoms with Crippen LogP contribution in [0.3, 0.4) is 0 Å². The number of hydrogen-bond donors (Lipinski definition) is 0. The van der Waals surface area contributed by atoms with E-state index < -0.39 is 0 Å². The van der Waals surface area contributed by atoms with Gasteiger partial charge in [0.1, 0.15) is 11.9 Å². The van der Waals surface area contributed by atoms with Crippen molar-refractivity contribution in [3.63, 3.8) is 0 Å². The molecule has 4 aliphatic carbocycles. The van der Waals surface area contributed by atoms with E-state index in [0.717, 1.165) is 31.1 Å². The second kappa shape index (κ2) is 5.82. The Morgan fingerprint density at radius 1 is 1.04 bits per heavy atom. The summed E-state index contributed by atoms with van der Waals surface area (Å²) >= 11 is 0. The highest BCUT2D eigenvalue weighted by atomic mass is 16.5. The molecule has 0 bridgehead atoms. The summed E-state index contributed by atoms with van der Waals surface area (Å²) in [5.41, 5.74) is 0.517. The molecule has 4 fully saturated rings. The molecule has 0 aromatic rings. The molecular formula is C22H34O3. The highest BCUT2D eigenvalue weighted by molar-refractivity contribution is 5.82. The van der Waals surface area contributed by atoms with Crippen LogP contribution in [0.5, 0.6) is 0 Å². The van der Waals surface area contributed by atoms with Crippen LogP contribution in [0.2, 0.25) is 0 Å². The van der Waals surface area contributed by atoms with Crippen molar-refractivity contribution in [2.45, 2.75) is 85.2 Å². The zero-order valence-corrected chi connectivity index (χ0v) is 16.3. The fourth-order valence-electron chi connectivity index (χ4n) is 7.75. The molecule has 0 radical (unpaired) electrons. The van der Waals surface area contributed by atoms with Gasteiger partial charge in [-0.2, -0.15) is 0 Å². The van der Waals surface area contributed by atoms with E-state index in [4.69, 9.17) is 4.74 Å². The van der Waals surface area contributed by atoms with E-state index in [0.29, 0.717) is 23.0 Å². The third-order valence-electron chi connectivity index (χ3n) is 9.03. The molecule has 4 rings (SSSR count). The van der Waals surface area contributed by atoms with Crippen molar-refractivity contribution in [1.82, 2.24) is 0 Å². The summed E-state index contributed by atoms with van der Waals surface area (Å²) in [4.78, 5) is 23.8. The molecular weight excluding hydrogens is 312 g/mol. The first-order valence-electron chi connectivity index (χ1n) is 10.5. The summed E-state index contributed by atoms with van der Waals surface area (Å²) in [6, 6.07) is 0. The zero-order chi connectivity index (χ0) is 18.0. The lowest BCUT2D eigenvalue weighted by Crippen LogP contribution is -2.55. The highest BCUT2D eigenvalue weighted by Crippen LogP contribution is 2.66. The quantitative estimate of drug-likeness (QED) is 0.642. The minimum Gasteiger partial charge on any atom is -0.462 e. The molecule has 0 heterocycles. The number of ketones is 1. The first-order chi connectivity index (χ1) is 11.8. The molecule has 4 aliphatic rings. The van der Waals surface area contributed by atoms with Gasteiger partial charge in [-0.1, -0.05) is 20.8 Å². The average molecular weight is 347 g/mol. The van der Waals surface area contributed by atoms with Crippen LogP contribution in [0.15, 0.2) is 0 Å². The third-order valence-corrected chi connectivity index (χ3v) is 9.03. The van der Waals surface area contributed by atoms with Crippen molar-refractivity contribution in [1.29, 1.82) is 0 Å². The summed E-state index contributed by atoms with van der Waals surface area (Å²) in [5, 5.41) is 0. The molecule has 0 spiro atoms. The number of ether oxygens (including phenoxy) is 1. The van der Waals surface area contributed by atoms with Gasteiger partial charge in [-0.3, -0.25) is 9.59 Å². The second-order valence-corrected chi connectivity index (χ2v) is 10.2. The predicted octanol–water partition coefficient (Wildman–Crippen LogP) is 4.78. The first-order valence-corrected chi connectivity index (χ1v) is 10.5. The Kier molecular flexibility index (Phi) is 4.09. The van der Waals surface area contributed by atoms with Gasteiger partial charge in [-0.25, -0.2) is 0 Å². The van der Waals surface area contributed by atoms with Gasteiger partial charge in [0, 0.05) is 24.7 Å². The number of hydrogen-bond acceptors (Lipinski definition) is 3. The average Bonchev–Trinajstić information content (AvgIpc) is 2.85. The maximum Gasteiger partial charge on any atom is 0.302 e. The van der Waals surface area contributed by atoms with Gasteiger partial charge in [0.15, 0.2) is 0 Å². The van der Waals surface area contributed by atoms with E-state index in [2.05, 4.69) is 20.8 Å². The lowest BCUT2D eigenvalue weighted by atomic mass is 9.44. The summed E-state index contributed by atoms with van der Waals surface area (Å²) in [5.74, 6) is 3.44. The van der Waals surface area contributed by atoms with E-state index in [1.807, 2.05) is 0 Å². The van der Waals surface area contributed by atoms with Crippen LogP contribution in [-0.2, 0) is 14.3 Å². The lowest BCUT2D eigenvalue weighted by Gasteiger charge is -2.60. The minimum atomic E-state index is -0.121. The maximum atomic E-state index is 12.3. The molecule has 0 aliphatic heterocycles. The zero-order valence-electron chi connectivity index (χ0n) is 16.3. The molecule has 140 valence electrons. The predicted molar refractivity (Wildman–Crippen MR) is 96.8 cm³/mol. The second-order valence-electron chi connectivity index (χ2n) is 10.2. The summed E-state index contributed by atoms with van der Waals surface area (Å²) < 4.78 is 5.74. The van der Waals surface area contributed by atoms with Crippen molar-refractivity contribution >= 4 is 11.8 Å². The van der Waals surface area contributed by atoms with E-state index >= 15 is 0 Å². The van der Waals surface area contributed by atoms with Gasteiger partial charge < -0.3 is 4.74 Å². The number of rotatable bonds is 1. The minimum absolute atomic E-state index is 0.119. The fourth-order valence-corrected chi connectivity index (χ4v) is 7.75. The molecule has 0 aromatic carbocycles. The summed E-state index contributed by atoms with van der Waals surface area (Å²) in [6.45, 7) is 8.58. The number of carbonyl (C=O) groups excluding carboxylic acids is 2.